The summed E-state index contributed by atoms with van der Waals surface area (Å²) in [5.41, 5.74) is 8.72. The molecule has 0 bridgehead atoms. The highest BCUT2D eigenvalue weighted by molar-refractivity contribution is 7.15. The molecule has 1 aromatic carbocycles. The van der Waals surface area contributed by atoms with E-state index in [2.05, 4.69) is 10.3 Å². The summed E-state index contributed by atoms with van der Waals surface area (Å²) in [5.74, 6) is 0.184. The van der Waals surface area contributed by atoms with Gasteiger partial charge in [0.1, 0.15) is 0 Å². The third-order valence-corrected chi connectivity index (χ3v) is 4.91. The lowest BCUT2D eigenvalue weighted by Crippen LogP contribution is -2.14. The Bertz CT molecular complexity index is 627. The van der Waals surface area contributed by atoms with Gasteiger partial charge in [0.25, 0.3) is 0 Å². The first-order valence-corrected chi connectivity index (χ1v) is 8.07. The largest absolute Gasteiger partial charge is 0.399 e. The van der Waals surface area contributed by atoms with Gasteiger partial charge in [0.15, 0.2) is 5.13 Å². The molecule has 0 spiro atoms. The van der Waals surface area contributed by atoms with E-state index in [4.69, 9.17) is 5.73 Å². The first-order valence-electron chi connectivity index (χ1n) is 7.25. The van der Waals surface area contributed by atoms with Gasteiger partial charge in [-0.25, -0.2) is 4.98 Å². The lowest BCUT2D eigenvalue weighted by Gasteiger charge is -2.11. The number of carbonyl (C=O) groups excluding carboxylic acids is 1. The van der Waals surface area contributed by atoms with Gasteiger partial charge >= 0.3 is 0 Å². The number of benzene rings is 1. The zero-order valence-electron chi connectivity index (χ0n) is 12.1. The summed E-state index contributed by atoms with van der Waals surface area (Å²) in [5, 5.41) is 3.67. The van der Waals surface area contributed by atoms with Gasteiger partial charge in [0.2, 0.25) is 5.91 Å². The molecule has 0 radical (unpaired) electrons. The average Bonchev–Trinajstić information content (AvgIpc) is 3.00. The molecule has 0 saturated heterocycles. The van der Waals surface area contributed by atoms with Crippen LogP contribution in [0.2, 0.25) is 0 Å². The van der Waals surface area contributed by atoms with Crippen molar-refractivity contribution in [3.63, 3.8) is 0 Å². The molecule has 1 atom stereocenters. The molecule has 4 nitrogen and oxygen atoms in total. The molecule has 0 fully saturated rings. The predicted octanol–water partition coefficient (Wildman–Crippen LogP) is 3.35. The third-order valence-electron chi connectivity index (χ3n) is 3.84. The minimum Gasteiger partial charge on any atom is -0.399 e. The maximum absolute atomic E-state index is 12.1. The van der Waals surface area contributed by atoms with Crippen molar-refractivity contribution >= 4 is 28.1 Å². The average molecular weight is 301 g/mol. The number of nitrogens with zero attached hydrogens (tertiary/aromatic N) is 1. The Labute approximate surface area is 128 Å². The molecule has 1 unspecified atom stereocenters. The normalized spacial score (nSPS) is 14.7. The monoisotopic (exact) mass is 301 g/mol. The first-order chi connectivity index (χ1) is 10.1. The third kappa shape index (κ3) is 3.24. The van der Waals surface area contributed by atoms with Gasteiger partial charge in [-0.15, -0.1) is 11.3 Å². The van der Waals surface area contributed by atoms with Crippen LogP contribution in [0.3, 0.4) is 0 Å². The summed E-state index contributed by atoms with van der Waals surface area (Å²) < 4.78 is 0. The van der Waals surface area contributed by atoms with Gasteiger partial charge in [-0.1, -0.05) is 19.1 Å². The quantitative estimate of drug-likeness (QED) is 0.851. The maximum Gasteiger partial charge on any atom is 0.226 e. The lowest BCUT2D eigenvalue weighted by molar-refractivity contribution is -0.116. The summed E-state index contributed by atoms with van der Waals surface area (Å²) in [6, 6.07) is 7.70. The molecule has 2 aromatic rings. The van der Waals surface area contributed by atoms with Crippen molar-refractivity contribution in [2.75, 3.05) is 11.1 Å². The second kappa shape index (κ2) is 5.85. The zero-order chi connectivity index (χ0) is 14.8. The van der Waals surface area contributed by atoms with Crippen LogP contribution in [0.15, 0.2) is 24.3 Å². The Morgan fingerprint density at radius 1 is 1.38 bits per heavy atom. The van der Waals surface area contributed by atoms with Crippen LogP contribution in [0.1, 0.15) is 41.8 Å². The van der Waals surface area contributed by atoms with E-state index in [9.17, 15) is 4.79 Å². The predicted molar refractivity (Wildman–Crippen MR) is 86.7 cm³/mol. The van der Waals surface area contributed by atoms with Gasteiger partial charge in [-0.2, -0.15) is 0 Å². The molecule has 1 heterocycles. The Hall–Kier alpha value is -1.88. The molecule has 5 heteroatoms. The Morgan fingerprint density at radius 3 is 2.86 bits per heavy atom. The van der Waals surface area contributed by atoms with Crippen LogP contribution in [0.4, 0.5) is 10.8 Å². The standard InChI is InChI=1S/C16H19N3OS/c1-10(11-5-7-12(17)8-6-11)9-15(20)19-16-18-13-3-2-4-14(13)21-16/h5-8,10H,2-4,9,17H2,1H3,(H,18,19,20). The lowest BCUT2D eigenvalue weighted by atomic mass is 9.97. The number of nitrogen functional groups attached to an aromatic ring is 1. The molecule has 3 N–H and O–H groups in total. The van der Waals surface area contributed by atoms with Gasteiger partial charge in [-0.3, -0.25) is 4.79 Å². The zero-order valence-corrected chi connectivity index (χ0v) is 12.9. The molecule has 1 aromatic heterocycles. The fourth-order valence-electron chi connectivity index (χ4n) is 2.63. The van der Waals surface area contributed by atoms with E-state index in [1.807, 2.05) is 31.2 Å². The van der Waals surface area contributed by atoms with Gasteiger partial charge < -0.3 is 11.1 Å². The van der Waals surface area contributed by atoms with Crippen LogP contribution in [0.25, 0.3) is 0 Å². The van der Waals surface area contributed by atoms with Gasteiger partial charge in [0, 0.05) is 17.0 Å². The molecule has 0 aliphatic heterocycles. The van der Waals surface area contributed by atoms with Crippen LogP contribution in [0, 0.1) is 0 Å². The van der Waals surface area contributed by atoms with E-state index in [0.717, 1.165) is 29.2 Å². The number of fused-ring (bicyclic) bond motifs is 1. The molecule has 3 rings (SSSR count). The second-order valence-corrected chi connectivity index (χ2v) is 6.65. The van der Waals surface area contributed by atoms with Crippen LogP contribution < -0.4 is 11.1 Å². The maximum atomic E-state index is 12.1. The van der Waals surface area contributed by atoms with Gasteiger partial charge in [0.05, 0.1) is 5.69 Å². The number of nitrogens with one attached hydrogen (secondary N) is 1. The number of aromatic nitrogens is 1. The Balaban J connectivity index is 1.59. The molecule has 1 aliphatic carbocycles. The van der Waals surface area contributed by atoms with Crippen LogP contribution in [-0.4, -0.2) is 10.9 Å². The van der Waals surface area contributed by atoms with E-state index in [-0.39, 0.29) is 11.8 Å². The van der Waals surface area contributed by atoms with Crippen molar-refractivity contribution in [2.45, 2.75) is 38.5 Å². The number of carbonyl (C=O) groups is 1. The number of amides is 1. The summed E-state index contributed by atoms with van der Waals surface area (Å²) in [4.78, 5) is 17.9. The number of nitrogens with two attached hydrogens (primary N) is 1. The van der Waals surface area contributed by atoms with Crippen molar-refractivity contribution in [3.05, 3.63) is 40.4 Å². The molecular formula is C16H19N3OS. The van der Waals surface area contributed by atoms with E-state index in [1.165, 1.54) is 17.0 Å². The number of anilines is 2. The number of hydrogen-bond acceptors (Lipinski definition) is 4. The fraction of sp³-hybridized carbons (Fsp3) is 0.375. The molecular weight excluding hydrogens is 282 g/mol. The van der Waals surface area contributed by atoms with E-state index in [1.54, 1.807) is 11.3 Å². The van der Waals surface area contributed by atoms with Crippen molar-refractivity contribution < 1.29 is 4.79 Å². The Kier molecular flexibility index (Phi) is 3.92. The van der Waals surface area contributed by atoms with Crippen LogP contribution in [0.5, 0.6) is 0 Å². The summed E-state index contributed by atoms with van der Waals surface area (Å²) in [6.07, 6.45) is 3.79. The topological polar surface area (TPSA) is 68.0 Å². The van der Waals surface area contributed by atoms with Crippen molar-refractivity contribution in [1.82, 2.24) is 4.98 Å². The minimum absolute atomic E-state index is 0.0201. The summed E-state index contributed by atoms with van der Waals surface area (Å²) in [7, 11) is 0. The number of rotatable bonds is 4. The second-order valence-electron chi connectivity index (χ2n) is 5.56. The number of thiazole rings is 1. The SMILES string of the molecule is CC(CC(=O)Nc1nc2c(s1)CCC2)c1ccc(N)cc1. The summed E-state index contributed by atoms with van der Waals surface area (Å²) >= 11 is 1.62. The molecule has 21 heavy (non-hydrogen) atoms. The molecule has 1 aliphatic rings. The van der Waals surface area contributed by atoms with Crippen molar-refractivity contribution in [1.29, 1.82) is 0 Å². The highest BCUT2D eigenvalue weighted by Crippen LogP contribution is 2.30. The highest BCUT2D eigenvalue weighted by Gasteiger charge is 2.18. The van der Waals surface area contributed by atoms with E-state index >= 15 is 0 Å². The Morgan fingerprint density at radius 2 is 2.14 bits per heavy atom. The summed E-state index contributed by atoms with van der Waals surface area (Å²) in [6.45, 7) is 2.05. The fourth-order valence-corrected chi connectivity index (χ4v) is 3.70. The van der Waals surface area contributed by atoms with E-state index < -0.39 is 0 Å². The molecule has 110 valence electrons. The first kappa shape index (κ1) is 14.1. The van der Waals surface area contributed by atoms with E-state index in [0.29, 0.717) is 6.42 Å². The number of aryl methyl sites for hydroxylation is 2. The molecule has 0 saturated carbocycles. The molecule has 1 amide bonds. The van der Waals surface area contributed by atoms with Crippen molar-refractivity contribution in [3.8, 4) is 0 Å². The minimum atomic E-state index is 0.0201. The number of hydrogen-bond donors (Lipinski definition) is 2. The van der Waals surface area contributed by atoms with Gasteiger partial charge in [-0.05, 0) is 42.9 Å². The smallest absolute Gasteiger partial charge is 0.226 e. The highest BCUT2D eigenvalue weighted by atomic mass is 32.1. The van der Waals surface area contributed by atoms with Crippen LogP contribution in [-0.2, 0) is 17.6 Å². The van der Waals surface area contributed by atoms with Crippen LogP contribution >= 0.6 is 11.3 Å². The van der Waals surface area contributed by atoms with Crippen molar-refractivity contribution in [2.24, 2.45) is 0 Å².